The number of rotatable bonds is 7. The molecule has 8 rings (SSSR count). The second-order valence-electron chi connectivity index (χ2n) is 15.1. The molecule has 52 heavy (non-hydrogen) atoms. The molecule has 1 N–H and O–H groups in total. The standard InChI is InChI=1S/C39H47N7O5S/c1-42(2)52(49,50)41-38(47)25-11-15-32-34(19-25)45-21-27(36-33(20-40-44(36)4)39(48)46-28-12-13-29(46)23-43(3)22-28)17-26-18-30(51-5)14-16-31(26)37(45)35(32)24-9-7-6-8-10-24/h11,14-20,24,28-29H,6-10,12-13,21-23H2,1-5H3,(H,41,47). The third-order valence-electron chi connectivity index (χ3n) is 11.6. The van der Waals surface area contributed by atoms with Gasteiger partial charge in [0.2, 0.25) is 0 Å². The highest BCUT2D eigenvalue weighted by atomic mass is 32.2. The molecule has 3 aliphatic heterocycles. The van der Waals surface area contributed by atoms with Crippen molar-refractivity contribution in [2.45, 2.75) is 69.5 Å². The molecule has 2 unspecified atom stereocenters. The molecule has 2 aromatic carbocycles. The quantitative estimate of drug-likeness (QED) is 0.281. The van der Waals surface area contributed by atoms with E-state index in [2.05, 4.69) is 49.4 Å². The van der Waals surface area contributed by atoms with E-state index in [9.17, 15) is 18.0 Å². The van der Waals surface area contributed by atoms with Gasteiger partial charge in [0.25, 0.3) is 11.8 Å². The Kier molecular flexibility index (Phi) is 8.78. The summed E-state index contributed by atoms with van der Waals surface area (Å²) in [5.41, 5.74) is 7.69. The van der Waals surface area contributed by atoms with E-state index in [1.165, 1.54) is 26.1 Å². The molecule has 0 spiro atoms. The first-order valence-electron chi connectivity index (χ1n) is 18.3. The van der Waals surface area contributed by atoms with Crippen LogP contribution in [-0.2, 0) is 23.8 Å². The maximum atomic E-state index is 14.5. The summed E-state index contributed by atoms with van der Waals surface area (Å²) in [6, 6.07) is 12.0. The Bertz CT molecular complexity index is 2220. The fourth-order valence-electron chi connectivity index (χ4n) is 9.15. The highest BCUT2D eigenvalue weighted by Gasteiger charge is 2.43. The fraction of sp³-hybridized carbons (Fsp3) is 0.462. The van der Waals surface area contributed by atoms with Crippen LogP contribution in [0, 0.1) is 0 Å². The highest BCUT2D eigenvalue weighted by Crippen LogP contribution is 2.48. The molecule has 0 radical (unpaired) electrons. The number of hydrogen-bond donors (Lipinski definition) is 1. The predicted molar refractivity (Wildman–Crippen MR) is 201 cm³/mol. The van der Waals surface area contributed by atoms with Crippen molar-refractivity contribution in [3.05, 3.63) is 70.5 Å². The molecule has 2 amide bonds. The van der Waals surface area contributed by atoms with E-state index < -0.39 is 16.1 Å². The van der Waals surface area contributed by atoms with Crippen LogP contribution in [0.5, 0.6) is 5.75 Å². The summed E-state index contributed by atoms with van der Waals surface area (Å²) < 4.78 is 38.3. The van der Waals surface area contributed by atoms with Crippen LogP contribution >= 0.6 is 0 Å². The van der Waals surface area contributed by atoms with Crippen molar-refractivity contribution in [1.29, 1.82) is 0 Å². The molecule has 5 heterocycles. The SMILES string of the molecule is COc1ccc2c(c1)C=C(c1c(C(=O)N3C4CCC3CN(C)C4)cnn1C)Cn1c-2c(C2CCCCC2)c2ccc(C(=O)NS(=O)(=O)N(C)C)cc21. The second kappa shape index (κ2) is 13.2. The van der Waals surface area contributed by atoms with Crippen molar-refractivity contribution in [3.8, 4) is 17.0 Å². The van der Waals surface area contributed by atoms with Gasteiger partial charge in [0.15, 0.2) is 0 Å². The largest absolute Gasteiger partial charge is 0.497 e. The minimum Gasteiger partial charge on any atom is -0.497 e. The molecule has 2 saturated heterocycles. The zero-order valence-electron chi connectivity index (χ0n) is 30.6. The van der Waals surface area contributed by atoms with Crippen molar-refractivity contribution in [2.24, 2.45) is 7.05 Å². The van der Waals surface area contributed by atoms with Crippen LogP contribution in [0.3, 0.4) is 0 Å². The van der Waals surface area contributed by atoms with E-state index in [1.807, 2.05) is 25.2 Å². The summed E-state index contributed by atoms with van der Waals surface area (Å²) in [7, 11) is 4.45. The summed E-state index contributed by atoms with van der Waals surface area (Å²) in [4.78, 5) is 32.4. The van der Waals surface area contributed by atoms with Crippen molar-refractivity contribution >= 4 is 44.6 Å². The Balaban J connectivity index is 1.32. The van der Waals surface area contributed by atoms with E-state index in [4.69, 9.17) is 4.74 Å². The van der Waals surface area contributed by atoms with Gasteiger partial charge >= 0.3 is 10.2 Å². The van der Waals surface area contributed by atoms with Gasteiger partial charge in [0, 0.05) is 68.3 Å². The molecule has 1 aliphatic carbocycles. The maximum Gasteiger partial charge on any atom is 0.303 e. The number of aromatic nitrogens is 3. The van der Waals surface area contributed by atoms with Crippen LogP contribution in [-0.4, -0.2) is 102 Å². The Morgan fingerprint density at radius 1 is 0.942 bits per heavy atom. The lowest BCUT2D eigenvalue weighted by Crippen LogP contribution is -2.54. The normalized spacial score (nSPS) is 20.8. The minimum atomic E-state index is -3.99. The average molecular weight is 726 g/mol. The molecule has 12 nitrogen and oxygen atoms in total. The lowest BCUT2D eigenvalue weighted by Gasteiger charge is -2.39. The number of allylic oxidation sites excluding steroid dienone is 1. The number of aryl methyl sites for hydroxylation is 1. The summed E-state index contributed by atoms with van der Waals surface area (Å²) in [5, 5.41) is 5.71. The van der Waals surface area contributed by atoms with E-state index in [0.29, 0.717) is 18.0 Å². The second-order valence-corrected chi connectivity index (χ2v) is 17.0. The third-order valence-corrected chi connectivity index (χ3v) is 13.0. The number of nitrogens with one attached hydrogen (secondary N) is 1. The number of likely N-dealkylation sites (N-methyl/N-ethyl adjacent to an activating group) is 1. The van der Waals surface area contributed by atoms with E-state index in [1.54, 1.807) is 24.1 Å². The Morgan fingerprint density at radius 2 is 1.67 bits per heavy atom. The summed E-state index contributed by atoms with van der Waals surface area (Å²) >= 11 is 0. The van der Waals surface area contributed by atoms with Crippen molar-refractivity contribution in [2.75, 3.05) is 41.3 Å². The van der Waals surface area contributed by atoms with E-state index in [-0.39, 0.29) is 23.6 Å². The first-order chi connectivity index (χ1) is 24.9. The number of ether oxygens (including phenoxy) is 1. The van der Waals surface area contributed by atoms with Crippen molar-refractivity contribution < 1.29 is 22.7 Å². The van der Waals surface area contributed by atoms with Gasteiger partial charge in [-0.05, 0) is 91.8 Å². The van der Waals surface area contributed by atoms with Crippen LogP contribution in [0.15, 0.2) is 42.6 Å². The predicted octanol–water partition coefficient (Wildman–Crippen LogP) is 5.11. The number of methoxy groups -OCH3 is 1. The van der Waals surface area contributed by atoms with Crippen LogP contribution in [0.1, 0.15) is 88.4 Å². The lowest BCUT2D eigenvalue weighted by molar-refractivity contribution is 0.0472. The third kappa shape index (κ3) is 5.82. The average Bonchev–Trinajstić information content (AvgIpc) is 3.71. The number of amides is 2. The lowest BCUT2D eigenvalue weighted by atomic mass is 9.81. The van der Waals surface area contributed by atoms with Crippen LogP contribution in [0.25, 0.3) is 33.8 Å². The summed E-state index contributed by atoms with van der Waals surface area (Å²) in [6.45, 7) is 2.14. The van der Waals surface area contributed by atoms with Gasteiger partial charge in [0.1, 0.15) is 5.75 Å². The van der Waals surface area contributed by atoms with E-state index in [0.717, 1.165) is 101 Å². The summed E-state index contributed by atoms with van der Waals surface area (Å²) in [6.07, 6.45) is 11.5. The van der Waals surface area contributed by atoms with Crippen LogP contribution < -0.4 is 9.46 Å². The molecule has 4 aliphatic rings. The van der Waals surface area contributed by atoms with Gasteiger partial charge in [0.05, 0.1) is 36.8 Å². The summed E-state index contributed by atoms with van der Waals surface area (Å²) in [5.74, 6) is 0.372. The molecule has 3 fully saturated rings. The molecule has 1 saturated carbocycles. The molecule has 13 heteroatoms. The van der Waals surface area contributed by atoms with Gasteiger partial charge in [-0.25, -0.2) is 4.72 Å². The van der Waals surface area contributed by atoms with Gasteiger partial charge in [-0.3, -0.25) is 14.3 Å². The molecular weight excluding hydrogens is 679 g/mol. The first-order valence-corrected chi connectivity index (χ1v) is 19.7. The minimum absolute atomic E-state index is 0.0150. The van der Waals surface area contributed by atoms with Gasteiger partial charge in [-0.15, -0.1) is 0 Å². The Labute approximate surface area is 305 Å². The monoisotopic (exact) mass is 725 g/mol. The zero-order valence-corrected chi connectivity index (χ0v) is 31.4. The fourth-order valence-corrected chi connectivity index (χ4v) is 9.69. The number of carbonyl (C=O) groups excluding carboxylic acids is 2. The van der Waals surface area contributed by atoms with Crippen molar-refractivity contribution in [3.63, 3.8) is 0 Å². The maximum absolute atomic E-state index is 14.5. The number of likely N-dealkylation sites (tertiary alicyclic amines) is 1. The Hall–Kier alpha value is -4.46. The van der Waals surface area contributed by atoms with Crippen LogP contribution in [0.2, 0.25) is 0 Å². The molecule has 2 aromatic heterocycles. The number of fused-ring (bicyclic) bond motifs is 7. The highest BCUT2D eigenvalue weighted by molar-refractivity contribution is 7.87. The zero-order chi connectivity index (χ0) is 36.5. The van der Waals surface area contributed by atoms with Crippen molar-refractivity contribution in [1.82, 2.24) is 33.2 Å². The van der Waals surface area contributed by atoms with Gasteiger partial charge in [-0.2, -0.15) is 17.8 Å². The van der Waals surface area contributed by atoms with Gasteiger partial charge in [-0.1, -0.05) is 25.3 Å². The number of piperazine rings is 1. The Morgan fingerprint density at radius 3 is 2.37 bits per heavy atom. The number of benzene rings is 2. The smallest absolute Gasteiger partial charge is 0.303 e. The molecule has 4 aromatic rings. The number of carbonyl (C=O) groups is 2. The molecule has 274 valence electrons. The molecular formula is C39H47N7O5S. The van der Waals surface area contributed by atoms with E-state index >= 15 is 0 Å². The number of hydrogen-bond acceptors (Lipinski definition) is 7. The number of nitrogens with zero attached hydrogens (tertiary/aromatic N) is 6. The molecule has 2 bridgehead atoms. The first kappa shape index (κ1) is 34.6. The topological polar surface area (TPSA) is 122 Å². The molecule has 2 atom stereocenters. The van der Waals surface area contributed by atoms with Gasteiger partial charge < -0.3 is 19.1 Å². The van der Waals surface area contributed by atoms with Crippen LogP contribution in [0.4, 0.5) is 0 Å².